The Kier molecular flexibility index (Phi) is 7.20. The third kappa shape index (κ3) is 5.54. The minimum Gasteiger partial charge on any atom is -0.376 e. The van der Waals surface area contributed by atoms with Crippen molar-refractivity contribution in [3.8, 4) is 12.1 Å². The molecule has 3 aromatic carbocycles. The zero-order chi connectivity index (χ0) is 28.3. The number of hydrogen-bond donors (Lipinski definition) is 2. The zero-order valence-corrected chi connectivity index (χ0v) is 22.6. The van der Waals surface area contributed by atoms with Crippen LogP contribution in [0.25, 0.3) is 10.9 Å². The molecule has 8 nitrogen and oxygen atoms in total. The Bertz CT molecular complexity index is 1790. The molecule has 0 spiro atoms. The second-order valence-corrected chi connectivity index (χ2v) is 10.4. The SMILES string of the molecule is N#CC[C@H](Nc1c(C#N)cnc2c(Cl)cc(NC(c3ccc(F)cc3)c3cn(C4CC4)nn3)cc12)c1ccccc1. The van der Waals surface area contributed by atoms with Crippen molar-refractivity contribution in [3.05, 3.63) is 112 Å². The van der Waals surface area contributed by atoms with Crippen LogP contribution < -0.4 is 10.6 Å². The topological polar surface area (TPSA) is 115 Å². The highest BCUT2D eigenvalue weighted by molar-refractivity contribution is 6.35. The van der Waals surface area contributed by atoms with Gasteiger partial charge in [-0.15, -0.1) is 5.10 Å². The highest BCUT2D eigenvalue weighted by atomic mass is 35.5. The average Bonchev–Trinajstić information content (AvgIpc) is 3.73. The molecule has 202 valence electrons. The molecule has 1 saturated carbocycles. The van der Waals surface area contributed by atoms with Gasteiger partial charge < -0.3 is 10.6 Å². The molecule has 1 aliphatic rings. The van der Waals surface area contributed by atoms with Crippen molar-refractivity contribution in [2.24, 2.45) is 0 Å². The number of nitrogens with zero attached hydrogens (tertiary/aromatic N) is 6. The molecule has 0 amide bonds. The standard InChI is InChI=1S/C31H24ClFN8/c32-26-15-23(37-30(20-6-8-22(33)9-7-20)28-18-41(40-39-28)24-10-11-24)14-25-29(21(16-35)17-36-31(25)26)38-27(12-13-34)19-4-2-1-3-5-19/h1-9,14-15,17-18,24,27,30,37H,10-12H2,(H,36,38)/t27-,30?/m0/s1. The molecule has 0 radical (unpaired) electrons. The number of benzene rings is 3. The van der Waals surface area contributed by atoms with Gasteiger partial charge in [0.05, 0.1) is 58.6 Å². The smallest absolute Gasteiger partial charge is 0.123 e. The fourth-order valence-electron chi connectivity index (χ4n) is 4.88. The lowest BCUT2D eigenvalue weighted by molar-refractivity contribution is 0.610. The first kappa shape index (κ1) is 26.2. The van der Waals surface area contributed by atoms with E-state index in [2.05, 4.69) is 38.1 Å². The summed E-state index contributed by atoms with van der Waals surface area (Å²) >= 11 is 6.75. The first-order valence-electron chi connectivity index (χ1n) is 13.2. The van der Waals surface area contributed by atoms with Crippen LogP contribution in [-0.2, 0) is 0 Å². The number of nitriles is 2. The molecule has 1 unspecified atom stereocenters. The van der Waals surface area contributed by atoms with Gasteiger partial charge in [-0.3, -0.25) is 4.98 Å². The number of pyridine rings is 1. The number of anilines is 2. The predicted octanol–water partition coefficient (Wildman–Crippen LogP) is 7.09. The average molecular weight is 563 g/mol. The molecule has 0 bridgehead atoms. The van der Waals surface area contributed by atoms with E-state index in [4.69, 9.17) is 11.6 Å². The van der Waals surface area contributed by atoms with Crippen LogP contribution in [0.3, 0.4) is 0 Å². The Morgan fingerprint density at radius 3 is 2.51 bits per heavy atom. The fraction of sp³-hybridized carbons (Fsp3) is 0.194. The predicted molar refractivity (Wildman–Crippen MR) is 155 cm³/mol. The Labute approximate surface area is 241 Å². The maximum atomic E-state index is 13.8. The van der Waals surface area contributed by atoms with Crippen LogP contribution in [0.5, 0.6) is 0 Å². The van der Waals surface area contributed by atoms with Gasteiger partial charge in [0.2, 0.25) is 0 Å². The molecule has 10 heteroatoms. The molecule has 5 aromatic rings. The number of nitrogens with one attached hydrogen (secondary N) is 2. The lowest BCUT2D eigenvalue weighted by Gasteiger charge is -2.22. The summed E-state index contributed by atoms with van der Waals surface area (Å²) < 4.78 is 15.7. The van der Waals surface area contributed by atoms with E-state index < -0.39 is 6.04 Å². The summed E-state index contributed by atoms with van der Waals surface area (Å²) in [5.41, 5.74) is 4.41. The molecule has 0 aliphatic heterocycles. The maximum absolute atomic E-state index is 13.8. The minimum absolute atomic E-state index is 0.188. The van der Waals surface area contributed by atoms with Gasteiger partial charge in [-0.1, -0.05) is 59.3 Å². The van der Waals surface area contributed by atoms with Gasteiger partial charge in [0.25, 0.3) is 0 Å². The van der Waals surface area contributed by atoms with Gasteiger partial charge in [0, 0.05) is 17.3 Å². The van der Waals surface area contributed by atoms with E-state index in [1.807, 2.05) is 47.3 Å². The quantitative estimate of drug-likeness (QED) is 0.197. The van der Waals surface area contributed by atoms with Crippen LogP contribution in [0.15, 0.2) is 79.1 Å². The number of hydrogen-bond acceptors (Lipinski definition) is 7. The number of rotatable bonds is 9. The summed E-state index contributed by atoms with van der Waals surface area (Å²) in [6, 6.07) is 23.5. The van der Waals surface area contributed by atoms with E-state index in [-0.39, 0.29) is 18.3 Å². The van der Waals surface area contributed by atoms with E-state index in [0.29, 0.717) is 44.6 Å². The van der Waals surface area contributed by atoms with E-state index in [1.54, 1.807) is 18.2 Å². The normalized spacial score (nSPS) is 14.1. The largest absolute Gasteiger partial charge is 0.376 e. The molecular weight excluding hydrogens is 539 g/mol. The van der Waals surface area contributed by atoms with Crippen LogP contribution in [0.1, 0.15) is 59.8 Å². The maximum Gasteiger partial charge on any atom is 0.123 e. The van der Waals surface area contributed by atoms with Crippen molar-refractivity contribution in [1.29, 1.82) is 10.5 Å². The van der Waals surface area contributed by atoms with E-state index in [1.165, 1.54) is 18.3 Å². The van der Waals surface area contributed by atoms with Crippen molar-refractivity contribution in [3.63, 3.8) is 0 Å². The van der Waals surface area contributed by atoms with E-state index in [0.717, 1.165) is 24.0 Å². The van der Waals surface area contributed by atoms with Crippen molar-refractivity contribution in [2.75, 3.05) is 10.6 Å². The second-order valence-electron chi connectivity index (χ2n) is 9.97. The fourth-order valence-corrected chi connectivity index (χ4v) is 5.14. The summed E-state index contributed by atoms with van der Waals surface area (Å²) in [6.07, 6.45) is 5.72. The van der Waals surface area contributed by atoms with Gasteiger partial charge >= 0.3 is 0 Å². The zero-order valence-electron chi connectivity index (χ0n) is 21.8. The summed E-state index contributed by atoms with van der Waals surface area (Å²) in [6.45, 7) is 0. The summed E-state index contributed by atoms with van der Waals surface area (Å²) in [5, 5.41) is 36.2. The first-order valence-corrected chi connectivity index (χ1v) is 13.6. The Morgan fingerprint density at radius 2 is 1.80 bits per heavy atom. The van der Waals surface area contributed by atoms with Crippen molar-refractivity contribution in [2.45, 2.75) is 37.4 Å². The molecule has 41 heavy (non-hydrogen) atoms. The van der Waals surface area contributed by atoms with Gasteiger partial charge in [-0.2, -0.15) is 10.5 Å². The molecule has 1 aliphatic carbocycles. The Morgan fingerprint density at radius 1 is 1.02 bits per heavy atom. The lowest BCUT2D eigenvalue weighted by atomic mass is 10.0. The van der Waals surface area contributed by atoms with Crippen LogP contribution in [0.4, 0.5) is 15.8 Å². The lowest BCUT2D eigenvalue weighted by Crippen LogP contribution is -2.14. The Balaban J connectivity index is 1.43. The molecule has 2 N–H and O–H groups in total. The summed E-state index contributed by atoms with van der Waals surface area (Å²) in [5.74, 6) is -0.334. The van der Waals surface area contributed by atoms with Gasteiger partial charge in [-0.25, -0.2) is 9.07 Å². The molecular formula is C31H24ClFN8. The van der Waals surface area contributed by atoms with Crippen LogP contribution >= 0.6 is 11.6 Å². The van der Waals surface area contributed by atoms with Crippen molar-refractivity contribution in [1.82, 2.24) is 20.0 Å². The van der Waals surface area contributed by atoms with E-state index >= 15 is 0 Å². The molecule has 1 fully saturated rings. The van der Waals surface area contributed by atoms with Gasteiger partial charge in [0.1, 0.15) is 17.6 Å². The monoisotopic (exact) mass is 562 g/mol. The van der Waals surface area contributed by atoms with Crippen LogP contribution in [0.2, 0.25) is 5.02 Å². The minimum atomic E-state index is -0.448. The van der Waals surface area contributed by atoms with Crippen molar-refractivity contribution < 1.29 is 4.39 Å². The van der Waals surface area contributed by atoms with Crippen LogP contribution in [0, 0.1) is 28.5 Å². The number of aromatic nitrogens is 4. The first-order chi connectivity index (χ1) is 20.0. The van der Waals surface area contributed by atoms with Crippen molar-refractivity contribution >= 4 is 33.9 Å². The summed E-state index contributed by atoms with van der Waals surface area (Å²) in [7, 11) is 0. The molecule has 2 aromatic heterocycles. The molecule has 2 atom stereocenters. The summed E-state index contributed by atoms with van der Waals surface area (Å²) in [4.78, 5) is 4.46. The highest BCUT2D eigenvalue weighted by Crippen LogP contribution is 2.38. The highest BCUT2D eigenvalue weighted by Gasteiger charge is 2.27. The molecule has 0 saturated heterocycles. The third-order valence-corrected chi connectivity index (χ3v) is 7.41. The second kappa shape index (κ2) is 11.2. The number of halogens is 2. The van der Waals surface area contributed by atoms with Gasteiger partial charge in [-0.05, 0) is 48.2 Å². The number of fused-ring (bicyclic) bond motifs is 1. The van der Waals surface area contributed by atoms with Gasteiger partial charge in [0.15, 0.2) is 0 Å². The Hall–Kier alpha value is -4.99. The molecule has 6 rings (SSSR count). The van der Waals surface area contributed by atoms with E-state index in [9.17, 15) is 14.9 Å². The van der Waals surface area contributed by atoms with Crippen LogP contribution in [-0.4, -0.2) is 20.0 Å². The third-order valence-electron chi connectivity index (χ3n) is 7.12. The molecule has 2 heterocycles.